The fraction of sp³-hybridized carbons (Fsp3) is 0.200. The van der Waals surface area contributed by atoms with Crippen molar-refractivity contribution in [1.29, 1.82) is 0 Å². The third-order valence-corrected chi connectivity index (χ3v) is 1.64. The summed E-state index contributed by atoms with van der Waals surface area (Å²) in [6.45, 7) is 0. The number of methoxy groups -OCH3 is 1. The van der Waals surface area contributed by atoms with Crippen molar-refractivity contribution in [2.75, 3.05) is 12.9 Å². The summed E-state index contributed by atoms with van der Waals surface area (Å²) in [5, 5.41) is 0. The van der Waals surface area contributed by atoms with E-state index in [0.717, 1.165) is 0 Å². The van der Waals surface area contributed by atoms with Gasteiger partial charge in [-0.2, -0.15) is 12.6 Å². The topological polar surface area (TPSA) is 9.23 Å². The molecule has 0 bridgehead atoms. The van der Waals surface area contributed by atoms with Gasteiger partial charge in [0.2, 0.25) is 0 Å². The zero-order valence-corrected chi connectivity index (χ0v) is 8.07. The molecule has 0 fully saturated rings. The van der Waals surface area contributed by atoms with Gasteiger partial charge in [-0.3, -0.25) is 0 Å². The van der Waals surface area contributed by atoms with E-state index in [2.05, 4.69) is 24.5 Å². The molecule has 68 valence electrons. The Morgan fingerprint density at radius 2 is 2.31 bits per heavy atom. The highest BCUT2D eigenvalue weighted by atomic mass is 32.1. The Balaban J connectivity index is 2.98. The molecule has 0 saturated carbocycles. The van der Waals surface area contributed by atoms with Crippen LogP contribution in [0.25, 0.3) is 0 Å². The average molecular weight is 196 g/mol. The van der Waals surface area contributed by atoms with E-state index in [1.807, 2.05) is 0 Å². The van der Waals surface area contributed by atoms with E-state index in [4.69, 9.17) is 4.74 Å². The maximum absolute atomic E-state index is 13.2. The molecule has 0 aromatic heterocycles. The lowest BCUT2D eigenvalue weighted by atomic mass is 10.2. The van der Waals surface area contributed by atoms with Crippen LogP contribution in [0, 0.1) is 17.7 Å². The van der Waals surface area contributed by atoms with Crippen molar-refractivity contribution in [3.8, 4) is 17.6 Å². The molecule has 0 atom stereocenters. The number of hydrogen-bond donors (Lipinski definition) is 1. The van der Waals surface area contributed by atoms with Crippen molar-refractivity contribution in [2.24, 2.45) is 0 Å². The molecule has 13 heavy (non-hydrogen) atoms. The molecule has 0 unspecified atom stereocenters. The summed E-state index contributed by atoms with van der Waals surface area (Å²) in [6, 6.07) is 4.57. The fourth-order valence-corrected chi connectivity index (χ4v) is 0.938. The van der Waals surface area contributed by atoms with Gasteiger partial charge in [0.1, 0.15) is 11.6 Å². The van der Waals surface area contributed by atoms with Crippen molar-refractivity contribution in [1.82, 2.24) is 0 Å². The highest BCUT2D eigenvalue weighted by Gasteiger charge is 1.99. The summed E-state index contributed by atoms with van der Waals surface area (Å²) in [5.41, 5.74) is 0.370. The van der Waals surface area contributed by atoms with Gasteiger partial charge in [0.15, 0.2) is 0 Å². The molecule has 0 amide bonds. The molecule has 0 heterocycles. The molecule has 0 spiro atoms. The molecule has 1 rings (SSSR count). The van der Waals surface area contributed by atoms with Crippen LogP contribution in [-0.4, -0.2) is 12.9 Å². The number of benzene rings is 1. The normalized spacial score (nSPS) is 8.85. The lowest BCUT2D eigenvalue weighted by molar-refractivity contribution is 0.411. The van der Waals surface area contributed by atoms with Gasteiger partial charge in [0, 0.05) is 6.07 Å². The van der Waals surface area contributed by atoms with Crippen LogP contribution in [0.1, 0.15) is 5.56 Å². The number of halogens is 1. The van der Waals surface area contributed by atoms with Gasteiger partial charge in [-0.15, -0.1) is 0 Å². The molecule has 0 radical (unpaired) electrons. The molecular weight excluding hydrogens is 187 g/mol. The first-order valence-corrected chi connectivity index (χ1v) is 4.34. The van der Waals surface area contributed by atoms with Gasteiger partial charge < -0.3 is 4.74 Å². The van der Waals surface area contributed by atoms with E-state index in [-0.39, 0.29) is 5.82 Å². The zero-order chi connectivity index (χ0) is 9.68. The second kappa shape index (κ2) is 4.78. The van der Waals surface area contributed by atoms with Gasteiger partial charge in [-0.25, -0.2) is 4.39 Å². The molecule has 0 N–H and O–H groups in total. The molecule has 1 aromatic rings. The van der Waals surface area contributed by atoms with E-state index in [1.54, 1.807) is 12.1 Å². The SMILES string of the molecule is COc1ccc(C#CCS)c(F)c1. The van der Waals surface area contributed by atoms with E-state index in [9.17, 15) is 4.39 Å². The Morgan fingerprint density at radius 3 is 2.85 bits per heavy atom. The van der Waals surface area contributed by atoms with E-state index < -0.39 is 0 Å². The highest BCUT2D eigenvalue weighted by molar-refractivity contribution is 7.80. The lowest BCUT2D eigenvalue weighted by Gasteiger charge is -1.99. The predicted molar refractivity (Wildman–Crippen MR) is 53.7 cm³/mol. The summed E-state index contributed by atoms with van der Waals surface area (Å²) >= 11 is 3.90. The monoisotopic (exact) mass is 196 g/mol. The molecule has 0 aliphatic heterocycles. The average Bonchev–Trinajstić information content (AvgIpc) is 2.16. The number of rotatable bonds is 1. The summed E-state index contributed by atoms with van der Waals surface area (Å²) in [6.07, 6.45) is 0. The van der Waals surface area contributed by atoms with Crippen LogP contribution in [0.4, 0.5) is 4.39 Å². The predicted octanol–water partition coefficient (Wildman–Crippen LogP) is 2.12. The summed E-state index contributed by atoms with van der Waals surface area (Å²) in [5.74, 6) is 5.88. The van der Waals surface area contributed by atoms with Crippen molar-refractivity contribution in [2.45, 2.75) is 0 Å². The van der Waals surface area contributed by atoms with Gasteiger partial charge in [0.05, 0.1) is 18.4 Å². The van der Waals surface area contributed by atoms with Crippen LogP contribution in [0.3, 0.4) is 0 Å². The maximum Gasteiger partial charge on any atom is 0.142 e. The van der Waals surface area contributed by atoms with Crippen LogP contribution in [0.5, 0.6) is 5.75 Å². The van der Waals surface area contributed by atoms with Crippen LogP contribution >= 0.6 is 12.6 Å². The van der Waals surface area contributed by atoms with Crippen LogP contribution in [0.15, 0.2) is 18.2 Å². The first kappa shape index (κ1) is 9.94. The van der Waals surface area contributed by atoms with Crippen molar-refractivity contribution in [3.05, 3.63) is 29.6 Å². The van der Waals surface area contributed by atoms with E-state index >= 15 is 0 Å². The second-order valence-electron chi connectivity index (χ2n) is 2.31. The van der Waals surface area contributed by atoms with Crippen molar-refractivity contribution >= 4 is 12.6 Å². The summed E-state index contributed by atoms with van der Waals surface area (Å²) < 4.78 is 18.0. The minimum Gasteiger partial charge on any atom is -0.497 e. The second-order valence-corrected chi connectivity index (χ2v) is 2.62. The summed E-state index contributed by atoms with van der Waals surface area (Å²) in [4.78, 5) is 0. The summed E-state index contributed by atoms with van der Waals surface area (Å²) in [7, 11) is 1.49. The van der Waals surface area contributed by atoms with E-state index in [0.29, 0.717) is 17.1 Å². The molecule has 1 nitrogen and oxygen atoms in total. The Bertz CT molecular complexity index is 352. The molecule has 3 heteroatoms. The third-order valence-electron chi connectivity index (χ3n) is 1.48. The zero-order valence-electron chi connectivity index (χ0n) is 7.17. The van der Waals surface area contributed by atoms with Gasteiger partial charge in [-0.05, 0) is 12.1 Å². The fourth-order valence-electron chi connectivity index (χ4n) is 0.859. The minimum atomic E-state index is -0.367. The third kappa shape index (κ3) is 2.67. The Morgan fingerprint density at radius 1 is 1.54 bits per heavy atom. The number of thiol groups is 1. The highest BCUT2D eigenvalue weighted by Crippen LogP contribution is 2.15. The Labute approximate surface area is 82.3 Å². The number of hydrogen-bond acceptors (Lipinski definition) is 2. The molecule has 1 aromatic carbocycles. The largest absolute Gasteiger partial charge is 0.497 e. The Hall–Kier alpha value is -1.14. The lowest BCUT2D eigenvalue weighted by Crippen LogP contribution is -1.87. The van der Waals surface area contributed by atoms with Gasteiger partial charge in [-0.1, -0.05) is 11.8 Å². The maximum atomic E-state index is 13.2. The standard InChI is InChI=1S/C10H9FOS/c1-12-9-5-4-8(3-2-6-13)10(11)7-9/h4-5,7,13H,6H2,1H3. The molecule has 0 aliphatic rings. The van der Waals surface area contributed by atoms with Gasteiger partial charge in [0.25, 0.3) is 0 Å². The van der Waals surface area contributed by atoms with Crippen LogP contribution in [0.2, 0.25) is 0 Å². The quantitative estimate of drug-likeness (QED) is 0.534. The number of ether oxygens (including phenoxy) is 1. The first-order valence-electron chi connectivity index (χ1n) is 3.71. The van der Waals surface area contributed by atoms with E-state index in [1.165, 1.54) is 13.2 Å². The van der Waals surface area contributed by atoms with Gasteiger partial charge >= 0.3 is 0 Å². The molecule has 0 aliphatic carbocycles. The van der Waals surface area contributed by atoms with Crippen molar-refractivity contribution in [3.63, 3.8) is 0 Å². The minimum absolute atomic E-state index is 0.367. The molecular formula is C10H9FOS. The van der Waals surface area contributed by atoms with Crippen molar-refractivity contribution < 1.29 is 9.13 Å². The van der Waals surface area contributed by atoms with Crippen LogP contribution < -0.4 is 4.74 Å². The molecule has 0 saturated heterocycles. The van der Waals surface area contributed by atoms with Crippen LogP contribution in [-0.2, 0) is 0 Å². The Kier molecular flexibility index (Phi) is 3.66. The first-order chi connectivity index (χ1) is 6.27. The smallest absolute Gasteiger partial charge is 0.142 e.